The molecule has 3 heteroatoms. The number of aliphatic hydroxyl groups is 1. The third-order valence-corrected chi connectivity index (χ3v) is 4.19. The smallest absolute Gasteiger partial charge is 0.0831 e. The summed E-state index contributed by atoms with van der Waals surface area (Å²) in [4.78, 5) is 0. The lowest BCUT2D eigenvalue weighted by Gasteiger charge is -2.13. The fourth-order valence-electron chi connectivity index (χ4n) is 2.04. The summed E-state index contributed by atoms with van der Waals surface area (Å²) in [6.45, 7) is 4.20. The molecule has 1 atom stereocenters. The molecule has 0 saturated heterocycles. The molecule has 100 valence electrons. The largest absolute Gasteiger partial charge is 0.388 e. The first kappa shape index (κ1) is 14.8. The van der Waals surface area contributed by atoms with Crippen LogP contribution in [0.3, 0.4) is 0 Å². The van der Waals surface area contributed by atoms with Crippen LogP contribution in [0.25, 0.3) is 0 Å². The van der Waals surface area contributed by atoms with Gasteiger partial charge < -0.3 is 5.11 Å². The van der Waals surface area contributed by atoms with Gasteiger partial charge in [0.05, 0.1) is 6.10 Å². The Labute approximate surface area is 130 Å². The van der Waals surface area contributed by atoms with Gasteiger partial charge in [-0.2, -0.15) is 0 Å². The Bertz CT molecular complexity index is 573. The van der Waals surface area contributed by atoms with E-state index in [1.54, 1.807) is 0 Å². The monoisotopic (exact) mass is 382 g/mol. The Kier molecular flexibility index (Phi) is 4.82. The van der Waals surface area contributed by atoms with E-state index in [4.69, 9.17) is 0 Å². The zero-order chi connectivity index (χ0) is 14.0. The van der Waals surface area contributed by atoms with Gasteiger partial charge in [0, 0.05) is 15.4 Å². The molecule has 0 aromatic heterocycles. The van der Waals surface area contributed by atoms with E-state index in [-0.39, 0.29) is 0 Å². The predicted molar refractivity (Wildman–Crippen MR) is 86.4 cm³/mol. The first-order chi connectivity index (χ1) is 8.95. The lowest BCUT2D eigenvalue weighted by Crippen LogP contribution is -2.02. The van der Waals surface area contributed by atoms with Gasteiger partial charge in [-0.3, -0.25) is 0 Å². The molecule has 0 aliphatic heterocycles. The molecule has 0 aliphatic carbocycles. The van der Waals surface area contributed by atoms with Crippen LogP contribution in [-0.4, -0.2) is 5.11 Å². The molecule has 2 aromatic rings. The van der Waals surface area contributed by atoms with Gasteiger partial charge in [-0.1, -0.05) is 50.1 Å². The van der Waals surface area contributed by atoms with Crippen LogP contribution < -0.4 is 0 Å². The van der Waals surface area contributed by atoms with Gasteiger partial charge in [0.1, 0.15) is 0 Å². The van der Waals surface area contributed by atoms with E-state index in [0.29, 0.717) is 6.42 Å². The average Bonchev–Trinajstić information content (AvgIpc) is 2.32. The third kappa shape index (κ3) is 3.91. The molecule has 1 unspecified atom stereocenters. The second-order valence-electron chi connectivity index (χ2n) is 4.84. The van der Waals surface area contributed by atoms with Crippen molar-refractivity contribution < 1.29 is 5.11 Å². The van der Waals surface area contributed by atoms with Gasteiger partial charge >= 0.3 is 0 Å². The van der Waals surface area contributed by atoms with Crippen molar-refractivity contribution in [2.75, 3.05) is 0 Å². The van der Waals surface area contributed by atoms with Crippen molar-refractivity contribution in [2.45, 2.75) is 26.4 Å². The number of rotatable bonds is 3. The Hall–Kier alpha value is -0.640. The summed E-state index contributed by atoms with van der Waals surface area (Å²) in [6, 6.07) is 12.2. The molecule has 2 aromatic carbocycles. The van der Waals surface area contributed by atoms with Crippen molar-refractivity contribution in [3.05, 3.63) is 67.6 Å². The van der Waals surface area contributed by atoms with Crippen molar-refractivity contribution in [3.63, 3.8) is 0 Å². The number of benzene rings is 2. The third-order valence-electron chi connectivity index (χ3n) is 3.27. The minimum Gasteiger partial charge on any atom is -0.388 e. The molecule has 1 nitrogen and oxygen atoms in total. The summed E-state index contributed by atoms with van der Waals surface area (Å²) >= 11 is 6.89. The SMILES string of the molecule is Cc1ccc(CC(O)c2cc(Br)cc(Br)c2)cc1C. The highest BCUT2D eigenvalue weighted by atomic mass is 79.9. The number of aliphatic hydroxyl groups excluding tert-OH is 1. The van der Waals surface area contributed by atoms with Crippen LogP contribution in [0.4, 0.5) is 0 Å². The number of hydrogen-bond donors (Lipinski definition) is 1. The molecule has 0 fully saturated rings. The summed E-state index contributed by atoms with van der Waals surface area (Å²) in [5.74, 6) is 0. The maximum atomic E-state index is 10.3. The minimum absolute atomic E-state index is 0.490. The topological polar surface area (TPSA) is 20.2 Å². The summed E-state index contributed by atoms with van der Waals surface area (Å²) in [6.07, 6.45) is 0.139. The second kappa shape index (κ2) is 6.21. The fourth-order valence-corrected chi connectivity index (χ4v) is 3.37. The summed E-state index contributed by atoms with van der Waals surface area (Å²) in [5.41, 5.74) is 4.62. The summed E-state index contributed by atoms with van der Waals surface area (Å²) in [5, 5.41) is 10.3. The molecular weight excluding hydrogens is 368 g/mol. The van der Waals surface area contributed by atoms with Crippen molar-refractivity contribution in [2.24, 2.45) is 0 Å². The van der Waals surface area contributed by atoms with Crippen LogP contribution in [-0.2, 0) is 6.42 Å². The molecule has 0 heterocycles. The van der Waals surface area contributed by atoms with E-state index in [2.05, 4.69) is 63.9 Å². The molecule has 0 amide bonds. The minimum atomic E-state index is -0.490. The first-order valence-corrected chi connectivity index (χ1v) is 7.74. The Morgan fingerprint density at radius 2 is 1.58 bits per heavy atom. The van der Waals surface area contributed by atoms with Crippen LogP contribution in [0.5, 0.6) is 0 Å². The van der Waals surface area contributed by atoms with Crippen LogP contribution in [0.2, 0.25) is 0 Å². The Morgan fingerprint density at radius 1 is 0.947 bits per heavy atom. The Balaban J connectivity index is 2.20. The van der Waals surface area contributed by atoms with Crippen LogP contribution in [0, 0.1) is 13.8 Å². The van der Waals surface area contributed by atoms with Crippen LogP contribution in [0.1, 0.15) is 28.4 Å². The van der Waals surface area contributed by atoms with E-state index in [1.807, 2.05) is 18.2 Å². The molecular formula is C16H16Br2O. The van der Waals surface area contributed by atoms with Gasteiger partial charge in [-0.15, -0.1) is 0 Å². The standard InChI is InChI=1S/C16H16Br2O/c1-10-3-4-12(5-11(10)2)6-16(19)13-7-14(17)9-15(18)8-13/h3-5,7-9,16,19H,6H2,1-2H3. The van der Waals surface area contributed by atoms with Gasteiger partial charge in [0.25, 0.3) is 0 Å². The van der Waals surface area contributed by atoms with E-state index >= 15 is 0 Å². The first-order valence-electron chi connectivity index (χ1n) is 6.16. The molecule has 0 saturated carbocycles. The van der Waals surface area contributed by atoms with E-state index in [0.717, 1.165) is 20.1 Å². The fraction of sp³-hybridized carbons (Fsp3) is 0.250. The zero-order valence-electron chi connectivity index (χ0n) is 11.0. The van der Waals surface area contributed by atoms with Crippen LogP contribution >= 0.6 is 31.9 Å². The maximum Gasteiger partial charge on any atom is 0.0831 e. The van der Waals surface area contributed by atoms with Crippen molar-refractivity contribution in [1.82, 2.24) is 0 Å². The van der Waals surface area contributed by atoms with Gasteiger partial charge in [0.15, 0.2) is 0 Å². The zero-order valence-corrected chi connectivity index (χ0v) is 14.1. The quantitative estimate of drug-likeness (QED) is 0.781. The lowest BCUT2D eigenvalue weighted by atomic mass is 9.98. The summed E-state index contributed by atoms with van der Waals surface area (Å²) in [7, 11) is 0. The van der Waals surface area contributed by atoms with E-state index < -0.39 is 6.10 Å². The van der Waals surface area contributed by atoms with Crippen LogP contribution in [0.15, 0.2) is 45.3 Å². The Morgan fingerprint density at radius 3 is 2.16 bits per heavy atom. The summed E-state index contributed by atoms with van der Waals surface area (Å²) < 4.78 is 1.94. The van der Waals surface area contributed by atoms with E-state index in [9.17, 15) is 5.11 Å². The highest BCUT2D eigenvalue weighted by Crippen LogP contribution is 2.26. The maximum absolute atomic E-state index is 10.3. The predicted octanol–water partition coefficient (Wildman–Crippen LogP) is 5.10. The van der Waals surface area contributed by atoms with Crippen molar-refractivity contribution in [1.29, 1.82) is 0 Å². The normalized spacial score (nSPS) is 12.5. The van der Waals surface area contributed by atoms with E-state index in [1.165, 1.54) is 11.1 Å². The van der Waals surface area contributed by atoms with Crippen molar-refractivity contribution >= 4 is 31.9 Å². The molecule has 0 bridgehead atoms. The molecule has 19 heavy (non-hydrogen) atoms. The highest BCUT2D eigenvalue weighted by molar-refractivity contribution is 9.11. The lowest BCUT2D eigenvalue weighted by molar-refractivity contribution is 0.178. The molecule has 1 N–H and O–H groups in total. The second-order valence-corrected chi connectivity index (χ2v) is 6.67. The number of hydrogen-bond acceptors (Lipinski definition) is 1. The number of halogens is 2. The van der Waals surface area contributed by atoms with Crippen molar-refractivity contribution in [3.8, 4) is 0 Å². The van der Waals surface area contributed by atoms with Gasteiger partial charge in [-0.05, 0) is 54.3 Å². The molecule has 0 aliphatic rings. The van der Waals surface area contributed by atoms with Gasteiger partial charge in [0.2, 0.25) is 0 Å². The van der Waals surface area contributed by atoms with Gasteiger partial charge in [-0.25, -0.2) is 0 Å². The molecule has 2 rings (SSSR count). The average molecular weight is 384 g/mol. The highest BCUT2D eigenvalue weighted by Gasteiger charge is 2.10. The molecule has 0 spiro atoms. The molecule has 0 radical (unpaired) electrons. The number of aryl methyl sites for hydroxylation is 2.